The Labute approximate surface area is 128 Å². The van der Waals surface area contributed by atoms with Gasteiger partial charge in [-0.1, -0.05) is 0 Å². The van der Waals surface area contributed by atoms with Crippen molar-refractivity contribution in [2.24, 2.45) is 0 Å². The van der Waals surface area contributed by atoms with Crippen LogP contribution in [0.2, 0.25) is 0 Å². The van der Waals surface area contributed by atoms with Gasteiger partial charge in [0.15, 0.2) is 0 Å². The fourth-order valence-electron chi connectivity index (χ4n) is 1.68. The van der Waals surface area contributed by atoms with Crippen molar-refractivity contribution < 1.29 is 30.8 Å². The van der Waals surface area contributed by atoms with E-state index in [0.717, 1.165) is 24.7 Å². The zero-order valence-corrected chi connectivity index (χ0v) is 11.9. The molecule has 10 heteroatoms. The van der Waals surface area contributed by atoms with Gasteiger partial charge in [0.25, 0.3) is 15.9 Å². The molecule has 120 valence electrons. The number of halogens is 3. The molecule has 0 radical (unpaired) electrons. The second-order valence-corrected chi connectivity index (χ2v) is 5.92. The molecule has 1 heterocycles. The van der Waals surface area contributed by atoms with Gasteiger partial charge in [0.05, 0.1) is 33.9 Å². The van der Waals surface area contributed by atoms with Crippen LogP contribution < -0.4 is 4.72 Å². The first kappa shape index (κ1) is 16.6. The molecule has 0 fully saturated rings. The molecular formula is C13H7F3N2O4S. The van der Waals surface area contributed by atoms with E-state index in [-0.39, 0.29) is 11.1 Å². The predicted molar refractivity (Wildman–Crippen MR) is 69.5 cm³/mol. The quantitative estimate of drug-likeness (QED) is 0.921. The van der Waals surface area contributed by atoms with Crippen LogP contribution >= 0.6 is 0 Å². The van der Waals surface area contributed by atoms with E-state index in [4.69, 9.17) is 5.26 Å². The van der Waals surface area contributed by atoms with Gasteiger partial charge in [-0.15, -0.1) is 0 Å². The predicted octanol–water partition coefficient (Wildman–Crippen LogP) is 2.29. The summed E-state index contributed by atoms with van der Waals surface area (Å²) in [6.07, 6.45) is -2.98. The van der Waals surface area contributed by atoms with Gasteiger partial charge in [0.2, 0.25) is 0 Å². The minimum Gasteiger partial charge on any atom is -0.472 e. The van der Waals surface area contributed by atoms with Crippen molar-refractivity contribution in [1.29, 1.82) is 5.26 Å². The maximum absolute atomic E-state index is 13.0. The smallest absolute Gasteiger partial charge is 0.417 e. The van der Waals surface area contributed by atoms with Gasteiger partial charge >= 0.3 is 6.18 Å². The molecule has 0 spiro atoms. The molecule has 2 aromatic rings. The molecule has 6 nitrogen and oxygen atoms in total. The fraction of sp³-hybridized carbons (Fsp3) is 0.0769. The van der Waals surface area contributed by atoms with E-state index in [9.17, 15) is 26.4 Å². The number of benzene rings is 1. The van der Waals surface area contributed by atoms with Gasteiger partial charge in [-0.25, -0.2) is 13.1 Å². The summed E-state index contributed by atoms with van der Waals surface area (Å²) < 4.78 is 69.2. The lowest BCUT2D eigenvalue weighted by molar-refractivity contribution is -0.139. The van der Waals surface area contributed by atoms with Crippen LogP contribution in [0.3, 0.4) is 0 Å². The number of carbonyl (C=O) groups excluding carboxylic acids is 1. The first-order valence-corrected chi connectivity index (χ1v) is 7.34. The van der Waals surface area contributed by atoms with Gasteiger partial charge < -0.3 is 4.42 Å². The lowest BCUT2D eigenvalue weighted by atomic mass is 10.1. The Bertz CT molecular complexity index is 881. The molecule has 1 amide bonds. The maximum Gasteiger partial charge on any atom is 0.417 e. The average Bonchev–Trinajstić information content (AvgIpc) is 2.99. The summed E-state index contributed by atoms with van der Waals surface area (Å²) in [6.45, 7) is 0. The first-order chi connectivity index (χ1) is 10.6. The molecule has 0 bridgehead atoms. The van der Waals surface area contributed by atoms with Gasteiger partial charge in [-0.05, 0) is 24.3 Å². The Hall–Kier alpha value is -2.80. The van der Waals surface area contributed by atoms with Gasteiger partial charge in [-0.3, -0.25) is 4.79 Å². The summed E-state index contributed by atoms with van der Waals surface area (Å²) in [6, 6.07) is 4.56. The highest BCUT2D eigenvalue weighted by Crippen LogP contribution is 2.34. The lowest BCUT2D eigenvalue weighted by Crippen LogP contribution is -2.31. The monoisotopic (exact) mass is 344 g/mol. The van der Waals surface area contributed by atoms with E-state index < -0.39 is 32.6 Å². The number of hydrogen-bond acceptors (Lipinski definition) is 5. The number of furan rings is 1. The topological polar surface area (TPSA) is 100 Å². The van der Waals surface area contributed by atoms with Crippen molar-refractivity contribution in [3.63, 3.8) is 0 Å². The van der Waals surface area contributed by atoms with E-state index in [1.807, 2.05) is 0 Å². The normalized spacial score (nSPS) is 11.7. The molecule has 2 rings (SSSR count). The van der Waals surface area contributed by atoms with E-state index in [0.29, 0.717) is 12.1 Å². The largest absolute Gasteiger partial charge is 0.472 e. The first-order valence-electron chi connectivity index (χ1n) is 5.86. The average molecular weight is 344 g/mol. The zero-order chi connectivity index (χ0) is 17.3. The van der Waals surface area contributed by atoms with E-state index in [1.165, 1.54) is 10.8 Å². The Kier molecular flexibility index (Phi) is 4.16. The Morgan fingerprint density at radius 1 is 1.26 bits per heavy atom. The van der Waals surface area contributed by atoms with Crippen molar-refractivity contribution in [3.05, 3.63) is 53.5 Å². The molecule has 0 saturated heterocycles. The van der Waals surface area contributed by atoms with Crippen LogP contribution in [-0.2, 0) is 16.2 Å². The van der Waals surface area contributed by atoms with Gasteiger partial charge in [-0.2, -0.15) is 18.4 Å². The number of rotatable bonds is 3. The molecule has 23 heavy (non-hydrogen) atoms. The van der Waals surface area contributed by atoms with Crippen molar-refractivity contribution in [2.45, 2.75) is 11.1 Å². The third-order valence-corrected chi connectivity index (χ3v) is 4.10. The van der Waals surface area contributed by atoms with E-state index in [2.05, 4.69) is 4.42 Å². The fourth-order valence-corrected chi connectivity index (χ4v) is 2.87. The van der Waals surface area contributed by atoms with Crippen LogP contribution in [0.25, 0.3) is 0 Å². The van der Waals surface area contributed by atoms with Crippen LogP contribution in [0.15, 0.2) is 46.1 Å². The number of nitriles is 1. The number of nitrogens with zero attached hydrogens (tertiary/aromatic N) is 1. The van der Waals surface area contributed by atoms with Crippen LogP contribution in [-0.4, -0.2) is 14.3 Å². The number of alkyl halides is 3. The van der Waals surface area contributed by atoms with Crippen LogP contribution in [0.4, 0.5) is 13.2 Å². The number of sulfonamides is 1. The molecule has 0 atom stereocenters. The molecule has 0 aliphatic carbocycles. The second-order valence-electron chi connectivity index (χ2n) is 4.27. The summed E-state index contributed by atoms with van der Waals surface area (Å²) in [5.74, 6) is -1.14. The standard InChI is InChI=1S/C13H7F3N2O4S/c14-13(15,16)10-5-8(6-17)1-2-11(10)23(20,21)18-12(19)9-3-4-22-7-9/h1-5,7H,(H,18,19). The second kappa shape index (κ2) is 5.77. The Morgan fingerprint density at radius 2 is 1.96 bits per heavy atom. The van der Waals surface area contributed by atoms with Crippen molar-refractivity contribution in [1.82, 2.24) is 4.72 Å². The van der Waals surface area contributed by atoms with Crippen LogP contribution in [0.1, 0.15) is 21.5 Å². The number of hydrogen-bond donors (Lipinski definition) is 1. The number of nitrogens with one attached hydrogen (secondary N) is 1. The summed E-state index contributed by atoms with van der Waals surface area (Å²) in [4.78, 5) is 10.5. The molecule has 0 aliphatic heterocycles. The molecule has 1 N–H and O–H groups in total. The van der Waals surface area contributed by atoms with Crippen LogP contribution in [0, 0.1) is 11.3 Å². The third-order valence-electron chi connectivity index (χ3n) is 2.71. The summed E-state index contributed by atoms with van der Waals surface area (Å²) >= 11 is 0. The van der Waals surface area contributed by atoms with Crippen molar-refractivity contribution in [2.75, 3.05) is 0 Å². The molecule has 0 unspecified atom stereocenters. The molecule has 1 aromatic carbocycles. The summed E-state index contributed by atoms with van der Waals surface area (Å²) in [5, 5.41) is 8.64. The van der Waals surface area contributed by atoms with Crippen LogP contribution in [0.5, 0.6) is 0 Å². The Balaban J connectivity index is 2.48. The van der Waals surface area contributed by atoms with E-state index in [1.54, 1.807) is 0 Å². The van der Waals surface area contributed by atoms with Crippen molar-refractivity contribution >= 4 is 15.9 Å². The highest BCUT2D eigenvalue weighted by Gasteiger charge is 2.38. The molecule has 0 saturated carbocycles. The summed E-state index contributed by atoms with van der Waals surface area (Å²) in [7, 11) is -4.79. The maximum atomic E-state index is 13.0. The third kappa shape index (κ3) is 3.51. The number of amides is 1. The minimum absolute atomic E-state index is 0.171. The van der Waals surface area contributed by atoms with Crippen molar-refractivity contribution in [3.8, 4) is 6.07 Å². The minimum atomic E-state index is -5.02. The summed E-state index contributed by atoms with van der Waals surface area (Å²) in [5.41, 5.74) is -2.07. The zero-order valence-electron chi connectivity index (χ0n) is 11.1. The van der Waals surface area contributed by atoms with Gasteiger partial charge in [0.1, 0.15) is 6.26 Å². The SMILES string of the molecule is N#Cc1ccc(S(=O)(=O)NC(=O)c2ccoc2)c(C(F)(F)F)c1. The highest BCUT2D eigenvalue weighted by molar-refractivity contribution is 7.90. The van der Waals surface area contributed by atoms with Gasteiger partial charge in [0, 0.05) is 0 Å². The number of carbonyl (C=O) groups is 1. The molecular weight excluding hydrogens is 337 g/mol. The van der Waals surface area contributed by atoms with E-state index >= 15 is 0 Å². The molecule has 0 aliphatic rings. The highest BCUT2D eigenvalue weighted by atomic mass is 32.2. The lowest BCUT2D eigenvalue weighted by Gasteiger charge is -2.13. The Morgan fingerprint density at radius 3 is 2.48 bits per heavy atom. The molecule has 1 aromatic heterocycles.